The van der Waals surface area contributed by atoms with Crippen LogP contribution in [0.3, 0.4) is 0 Å². The first-order valence-corrected chi connectivity index (χ1v) is 6.91. The summed E-state index contributed by atoms with van der Waals surface area (Å²) >= 11 is 1.94. The zero-order valence-electron chi connectivity index (χ0n) is 9.69. The molecule has 2 rings (SSSR count). The van der Waals surface area contributed by atoms with Gasteiger partial charge < -0.3 is 10.5 Å². The van der Waals surface area contributed by atoms with Crippen LogP contribution < -0.4 is 5.73 Å². The van der Waals surface area contributed by atoms with Gasteiger partial charge in [0.05, 0.1) is 12.7 Å². The van der Waals surface area contributed by atoms with Gasteiger partial charge in [-0.3, -0.25) is 0 Å². The molecule has 1 fully saturated rings. The lowest BCUT2D eigenvalue weighted by Crippen LogP contribution is -2.42. The Balaban J connectivity index is 1.90. The van der Waals surface area contributed by atoms with E-state index in [1.807, 2.05) is 11.8 Å². The summed E-state index contributed by atoms with van der Waals surface area (Å²) < 4.78 is 5.69. The number of ether oxygens (including phenoxy) is 1. The molecule has 1 heterocycles. The van der Waals surface area contributed by atoms with Crippen molar-refractivity contribution in [3.8, 4) is 0 Å². The van der Waals surface area contributed by atoms with Crippen LogP contribution >= 0.6 is 11.8 Å². The molecule has 2 N–H and O–H groups in total. The number of hydrogen-bond donors (Lipinski definition) is 1. The maximum Gasteiger partial charge on any atom is 0.0819 e. The number of thioether (sulfide) groups is 1. The van der Waals surface area contributed by atoms with Crippen molar-refractivity contribution in [2.45, 2.75) is 25.5 Å². The van der Waals surface area contributed by atoms with Crippen LogP contribution in [0.15, 0.2) is 24.3 Å². The summed E-state index contributed by atoms with van der Waals surface area (Å²) in [6, 6.07) is 8.71. The lowest BCUT2D eigenvalue weighted by molar-refractivity contribution is 0.0572. The predicted octanol–water partition coefficient (Wildman–Crippen LogP) is 2.00. The molecule has 1 aliphatic rings. The molecule has 0 aromatic heterocycles. The second-order valence-corrected chi connectivity index (χ2v) is 5.49. The molecule has 0 aliphatic carbocycles. The molecular formula is C13H19NOS. The van der Waals surface area contributed by atoms with Gasteiger partial charge in [-0.2, -0.15) is 11.8 Å². The number of aryl methyl sites for hydroxylation is 1. The molecule has 2 nitrogen and oxygen atoms in total. The monoisotopic (exact) mass is 237 g/mol. The van der Waals surface area contributed by atoms with Crippen LogP contribution in [0.5, 0.6) is 0 Å². The van der Waals surface area contributed by atoms with Crippen molar-refractivity contribution in [2.75, 3.05) is 18.1 Å². The van der Waals surface area contributed by atoms with Gasteiger partial charge in [0, 0.05) is 17.5 Å². The topological polar surface area (TPSA) is 35.2 Å². The summed E-state index contributed by atoms with van der Waals surface area (Å²) in [6.45, 7) is 2.95. The summed E-state index contributed by atoms with van der Waals surface area (Å²) in [5.74, 6) is 2.14. The third-order valence-corrected chi connectivity index (χ3v) is 3.93. The van der Waals surface area contributed by atoms with Crippen LogP contribution in [0.2, 0.25) is 0 Å². The van der Waals surface area contributed by atoms with E-state index < -0.39 is 0 Å². The molecule has 0 amide bonds. The zero-order chi connectivity index (χ0) is 11.4. The van der Waals surface area contributed by atoms with Gasteiger partial charge >= 0.3 is 0 Å². The van der Waals surface area contributed by atoms with Crippen molar-refractivity contribution in [2.24, 2.45) is 5.73 Å². The van der Waals surface area contributed by atoms with Gasteiger partial charge in [0.25, 0.3) is 0 Å². The fourth-order valence-electron chi connectivity index (χ4n) is 1.88. The van der Waals surface area contributed by atoms with E-state index >= 15 is 0 Å². The molecule has 16 heavy (non-hydrogen) atoms. The van der Waals surface area contributed by atoms with Crippen LogP contribution in [0.1, 0.15) is 11.1 Å². The quantitative estimate of drug-likeness (QED) is 0.873. The second kappa shape index (κ2) is 5.71. The van der Waals surface area contributed by atoms with Crippen LogP contribution in [0.4, 0.5) is 0 Å². The molecular weight excluding hydrogens is 218 g/mol. The highest BCUT2D eigenvalue weighted by Crippen LogP contribution is 2.17. The highest BCUT2D eigenvalue weighted by atomic mass is 32.2. The van der Waals surface area contributed by atoms with E-state index in [0.717, 1.165) is 24.5 Å². The third-order valence-electron chi connectivity index (χ3n) is 2.91. The molecule has 1 aromatic rings. The molecule has 0 saturated carbocycles. The van der Waals surface area contributed by atoms with Crippen LogP contribution in [0.25, 0.3) is 0 Å². The molecule has 2 atom stereocenters. The summed E-state index contributed by atoms with van der Waals surface area (Å²) in [5.41, 5.74) is 8.78. The second-order valence-electron chi connectivity index (χ2n) is 4.34. The van der Waals surface area contributed by atoms with Crippen molar-refractivity contribution in [3.63, 3.8) is 0 Å². The summed E-state index contributed by atoms with van der Waals surface area (Å²) in [4.78, 5) is 0. The first-order valence-electron chi connectivity index (χ1n) is 5.76. The zero-order valence-corrected chi connectivity index (χ0v) is 10.5. The molecule has 1 aromatic carbocycles. The van der Waals surface area contributed by atoms with Crippen molar-refractivity contribution < 1.29 is 4.74 Å². The van der Waals surface area contributed by atoms with Crippen LogP contribution in [0, 0.1) is 6.92 Å². The predicted molar refractivity (Wildman–Crippen MR) is 69.9 cm³/mol. The van der Waals surface area contributed by atoms with Gasteiger partial charge in [-0.15, -0.1) is 0 Å². The van der Waals surface area contributed by atoms with E-state index in [-0.39, 0.29) is 12.1 Å². The van der Waals surface area contributed by atoms with Crippen LogP contribution in [-0.2, 0) is 11.2 Å². The summed E-state index contributed by atoms with van der Waals surface area (Å²) in [6.07, 6.45) is 1.13. The first kappa shape index (κ1) is 12.0. The molecule has 0 radical (unpaired) electrons. The molecule has 88 valence electrons. The largest absolute Gasteiger partial charge is 0.375 e. The average molecular weight is 237 g/mol. The number of rotatable bonds is 3. The highest BCUT2D eigenvalue weighted by Gasteiger charge is 2.21. The molecule has 0 spiro atoms. The Bertz CT molecular complexity index is 319. The maximum atomic E-state index is 6.18. The molecule has 1 saturated heterocycles. The Morgan fingerprint density at radius 3 is 2.81 bits per heavy atom. The highest BCUT2D eigenvalue weighted by molar-refractivity contribution is 7.99. The Kier molecular flexibility index (Phi) is 4.27. The standard InChI is InChI=1S/C13H19NOS/c1-10-2-4-11(5-3-10)8-12(14)13-9-16-7-6-15-13/h2-5,12-13H,6-9,14H2,1H3. The average Bonchev–Trinajstić information content (AvgIpc) is 2.33. The number of benzene rings is 1. The minimum Gasteiger partial charge on any atom is -0.375 e. The third kappa shape index (κ3) is 3.24. The van der Waals surface area contributed by atoms with E-state index in [1.54, 1.807) is 0 Å². The normalized spacial score (nSPS) is 23.0. The lowest BCUT2D eigenvalue weighted by atomic mass is 10.0. The van der Waals surface area contributed by atoms with Crippen molar-refractivity contribution >= 4 is 11.8 Å². The Labute approximate surface area is 102 Å². The minimum atomic E-state index is 0.121. The number of nitrogens with two attached hydrogens (primary N) is 1. The number of hydrogen-bond acceptors (Lipinski definition) is 3. The van der Waals surface area contributed by atoms with Crippen molar-refractivity contribution in [1.82, 2.24) is 0 Å². The van der Waals surface area contributed by atoms with Gasteiger partial charge in [-0.25, -0.2) is 0 Å². The van der Waals surface area contributed by atoms with E-state index in [1.165, 1.54) is 11.1 Å². The smallest absolute Gasteiger partial charge is 0.0819 e. The molecule has 1 aliphatic heterocycles. The van der Waals surface area contributed by atoms with Gasteiger partial charge in [0.1, 0.15) is 0 Å². The Morgan fingerprint density at radius 2 is 2.19 bits per heavy atom. The van der Waals surface area contributed by atoms with E-state index in [4.69, 9.17) is 10.5 Å². The minimum absolute atomic E-state index is 0.121. The first-order chi connectivity index (χ1) is 7.75. The Morgan fingerprint density at radius 1 is 1.44 bits per heavy atom. The fourth-order valence-corrected chi connectivity index (χ4v) is 2.84. The molecule has 0 bridgehead atoms. The maximum absolute atomic E-state index is 6.18. The van der Waals surface area contributed by atoms with E-state index in [2.05, 4.69) is 31.2 Å². The van der Waals surface area contributed by atoms with E-state index in [9.17, 15) is 0 Å². The van der Waals surface area contributed by atoms with E-state index in [0.29, 0.717) is 0 Å². The van der Waals surface area contributed by atoms with Crippen molar-refractivity contribution in [3.05, 3.63) is 35.4 Å². The van der Waals surface area contributed by atoms with Gasteiger partial charge in [0.2, 0.25) is 0 Å². The summed E-state index contributed by atoms with van der Waals surface area (Å²) in [7, 11) is 0. The summed E-state index contributed by atoms with van der Waals surface area (Å²) in [5, 5.41) is 0. The van der Waals surface area contributed by atoms with Gasteiger partial charge in [-0.05, 0) is 18.9 Å². The molecule has 2 unspecified atom stereocenters. The fraction of sp³-hybridized carbons (Fsp3) is 0.538. The van der Waals surface area contributed by atoms with Crippen LogP contribution in [-0.4, -0.2) is 30.3 Å². The van der Waals surface area contributed by atoms with Gasteiger partial charge in [-0.1, -0.05) is 29.8 Å². The van der Waals surface area contributed by atoms with Gasteiger partial charge in [0.15, 0.2) is 0 Å². The SMILES string of the molecule is Cc1ccc(CC(N)C2CSCCO2)cc1. The van der Waals surface area contributed by atoms with Crippen molar-refractivity contribution in [1.29, 1.82) is 0 Å². The lowest BCUT2D eigenvalue weighted by Gasteiger charge is -2.27. The Hall–Kier alpha value is -0.510. The molecule has 3 heteroatoms.